The van der Waals surface area contributed by atoms with Crippen LogP contribution in [0.3, 0.4) is 0 Å². The molecule has 0 heterocycles. The second-order valence-corrected chi connectivity index (χ2v) is 9.05. The Labute approximate surface area is 190 Å². The van der Waals surface area contributed by atoms with Crippen LogP contribution in [0.2, 0.25) is 0 Å². The van der Waals surface area contributed by atoms with Gasteiger partial charge in [-0.05, 0) is 60.7 Å². The normalized spacial score (nSPS) is 11.2. The molecule has 0 radical (unpaired) electrons. The minimum absolute atomic E-state index is 0.0157. The van der Waals surface area contributed by atoms with E-state index < -0.39 is 9.84 Å². The number of anilines is 2. The molecule has 0 aliphatic carbocycles. The Bertz CT molecular complexity index is 1330. The predicted molar refractivity (Wildman–Crippen MR) is 124 cm³/mol. The summed E-state index contributed by atoms with van der Waals surface area (Å²) >= 11 is 0. The Kier molecular flexibility index (Phi) is 5.72. The maximum Gasteiger partial charge on any atom is 0.206 e. The van der Waals surface area contributed by atoms with Crippen LogP contribution in [0.4, 0.5) is 11.4 Å². The third kappa shape index (κ3) is 4.78. The smallest absolute Gasteiger partial charge is 0.206 e. The van der Waals surface area contributed by atoms with Gasteiger partial charge in [-0.1, -0.05) is 12.1 Å². The zero-order valence-electron chi connectivity index (χ0n) is 17.2. The van der Waals surface area contributed by atoms with E-state index in [2.05, 4.69) is 0 Å². The van der Waals surface area contributed by atoms with Crippen molar-refractivity contribution < 1.29 is 28.1 Å². The Morgan fingerprint density at radius 2 is 0.970 bits per heavy atom. The highest BCUT2D eigenvalue weighted by Gasteiger charge is 2.19. The van der Waals surface area contributed by atoms with E-state index in [1.165, 1.54) is 48.5 Å². The molecule has 0 fully saturated rings. The summed E-state index contributed by atoms with van der Waals surface area (Å²) in [7, 11) is -3.90. The van der Waals surface area contributed by atoms with Crippen molar-refractivity contribution in [3.8, 4) is 34.5 Å². The number of nitrogens with two attached hydrogens (primary N) is 2. The molecule has 168 valence electrons. The topological polar surface area (TPSA) is 145 Å². The summed E-state index contributed by atoms with van der Waals surface area (Å²) < 4.78 is 37.8. The summed E-state index contributed by atoms with van der Waals surface area (Å²) in [6.45, 7) is 0. The third-order valence-corrected chi connectivity index (χ3v) is 6.46. The molecule has 0 amide bonds. The molecule has 4 rings (SSSR count). The Morgan fingerprint density at radius 3 is 1.36 bits per heavy atom. The number of rotatable bonds is 6. The first-order chi connectivity index (χ1) is 15.7. The summed E-state index contributed by atoms with van der Waals surface area (Å²) in [6, 6.07) is 20.7. The monoisotopic (exact) mass is 464 g/mol. The molecule has 0 atom stereocenters. The van der Waals surface area contributed by atoms with Crippen molar-refractivity contribution >= 4 is 21.2 Å². The average Bonchev–Trinajstić information content (AvgIpc) is 2.79. The highest BCUT2D eigenvalue weighted by atomic mass is 32.2. The Hall–Kier alpha value is -4.37. The van der Waals surface area contributed by atoms with Crippen molar-refractivity contribution in [3.05, 3.63) is 84.9 Å². The lowest BCUT2D eigenvalue weighted by Gasteiger charge is -2.11. The molecule has 0 unspecified atom stereocenters. The number of nitrogen functional groups attached to an aromatic ring is 2. The van der Waals surface area contributed by atoms with E-state index in [0.29, 0.717) is 11.5 Å². The van der Waals surface area contributed by atoms with Crippen molar-refractivity contribution in [2.75, 3.05) is 11.5 Å². The zero-order chi connectivity index (χ0) is 23.6. The van der Waals surface area contributed by atoms with Gasteiger partial charge in [0.1, 0.15) is 34.5 Å². The number of phenols is 2. The van der Waals surface area contributed by atoms with Gasteiger partial charge in [-0.2, -0.15) is 0 Å². The molecular formula is C24H20N2O6S. The molecular weight excluding hydrogens is 444 g/mol. The van der Waals surface area contributed by atoms with Gasteiger partial charge < -0.3 is 31.2 Å². The van der Waals surface area contributed by atoms with Gasteiger partial charge in [0, 0.05) is 12.1 Å². The van der Waals surface area contributed by atoms with E-state index in [0.717, 1.165) is 0 Å². The first kappa shape index (κ1) is 21.8. The molecule has 0 saturated carbocycles. The quantitative estimate of drug-likeness (QED) is 0.238. The van der Waals surface area contributed by atoms with Gasteiger partial charge in [0.25, 0.3) is 0 Å². The van der Waals surface area contributed by atoms with Crippen molar-refractivity contribution in [3.63, 3.8) is 0 Å². The highest BCUT2D eigenvalue weighted by Crippen LogP contribution is 2.33. The molecule has 0 bridgehead atoms. The second kappa shape index (κ2) is 8.64. The van der Waals surface area contributed by atoms with Crippen LogP contribution in [0.15, 0.2) is 94.7 Å². The first-order valence-corrected chi connectivity index (χ1v) is 11.2. The number of hydrogen-bond donors (Lipinski definition) is 4. The maximum absolute atomic E-state index is 13.2. The summed E-state index contributed by atoms with van der Waals surface area (Å²) in [4.78, 5) is 0.0314. The summed E-state index contributed by atoms with van der Waals surface area (Å²) in [5, 5.41) is 19.5. The fraction of sp³-hybridized carbons (Fsp3) is 0. The Morgan fingerprint density at radius 1 is 0.576 bits per heavy atom. The summed E-state index contributed by atoms with van der Waals surface area (Å²) in [5.74, 6) is 0.872. The van der Waals surface area contributed by atoms with E-state index >= 15 is 0 Å². The maximum atomic E-state index is 13.2. The summed E-state index contributed by atoms with van der Waals surface area (Å²) in [6.07, 6.45) is 0. The van der Waals surface area contributed by atoms with E-state index in [-0.39, 0.29) is 44.2 Å². The minimum Gasteiger partial charge on any atom is -0.506 e. The largest absolute Gasteiger partial charge is 0.506 e. The van der Waals surface area contributed by atoms with Crippen LogP contribution >= 0.6 is 0 Å². The molecule has 0 saturated heterocycles. The zero-order valence-corrected chi connectivity index (χ0v) is 18.0. The molecule has 0 spiro atoms. The molecule has 0 aliphatic rings. The fourth-order valence-electron chi connectivity index (χ4n) is 2.99. The molecule has 33 heavy (non-hydrogen) atoms. The van der Waals surface area contributed by atoms with Gasteiger partial charge in [-0.3, -0.25) is 0 Å². The van der Waals surface area contributed by atoms with Crippen LogP contribution in [0.5, 0.6) is 34.5 Å². The van der Waals surface area contributed by atoms with Crippen LogP contribution in [-0.4, -0.2) is 18.6 Å². The van der Waals surface area contributed by atoms with Gasteiger partial charge in [-0.15, -0.1) is 0 Å². The number of aromatic hydroxyl groups is 2. The van der Waals surface area contributed by atoms with E-state index in [9.17, 15) is 18.6 Å². The second-order valence-electron chi connectivity index (χ2n) is 7.10. The van der Waals surface area contributed by atoms with E-state index in [4.69, 9.17) is 20.9 Å². The molecule has 4 aromatic carbocycles. The Balaban J connectivity index is 1.60. The van der Waals surface area contributed by atoms with Gasteiger partial charge in [0.2, 0.25) is 9.84 Å². The van der Waals surface area contributed by atoms with E-state index in [1.54, 1.807) is 36.4 Å². The van der Waals surface area contributed by atoms with Crippen LogP contribution in [0.25, 0.3) is 0 Å². The van der Waals surface area contributed by atoms with Crippen molar-refractivity contribution in [1.29, 1.82) is 0 Å². The number of phenolic OH excluding ortho intramolecular Hbond substituents is 2. The van der Waals surface area contributed by atoms with E-state index in [1.807, 2.05) is 0 Å². The molecule has 0 aliphatic heterocycles. The molecule has 8 nitrogen and oxygen atoms in total. The van der Waals surface area contributed by atoms with Crippen molar-refractivity contribution in [1.82, 2.24) is 0 Å². The van der Waals surface area contributed by atoms with Gasteiger partial charge in [0.05, 0.1) is 21.2 Å². The van der Waals surface area contributed by atoms with Crippen LogP contribution in [0, 0.1) is 0 Å². The average molecular weight is 464 g/mol. The van der Waals surface area contributed by atoms with Crippen LogP contribution < -0.4 is 20.9 Å². The minimum atomic E-state index is -3.90. The lowest BCUT2D eigenvalue weighted by molar-refractivity contribution is 0.456. The van der Waals surface area contributed by atoms with Crippen molar-refractivity contribution in [2.45, 2.75) is 9.79 Å². The van der Waals surface area contributed by atoms with Crippen LogP contribution in [-0.2, 0) is 9.84 Å². The molecule has 6 N–H and O–H groups in total. The molecule has 0 aromatic heterocycles. The number of sulfone groups is 1. The highest BCUT2D eigenvalue weighted by molar-refractivity contribution is 7.91. The number of benzene rings is 4. The lowest BCUT2D eigenvalue weighted by Crippen LogP contribution is -2.02. The van der Waals surface area contributed by atoms with Crippen molar-refractivity contribution in [2.24, 2.45) is 0 Å². The van der Waals surface area contributed by atoms with Gasteiger partial charge in [0.15, 0.2) is 0 Å². The predicted octanol–water partition coefficient (Wildman–Crippen LogP) is 4.68. The van der Waals surface area contributed by atoms with Gasteiger partial charge >= 0.3 is 0 Å². The van der Waals surface area contributed by atoms with Crippen LogP contribution in [0.1, 0.15) is 0 Å². The fourth-order valence-corrected chi connectivity index (χ4v) is 4.32. The standard InChI is InChI=1S/C24H20N2O6S/c25-21-9-7-17(13-23(21)27)31-15-3-1-5-19(11-15)33(29,30)20-6-2-4-16(12-20)32-18-8-10-22(26)24(28)14-18/h1-14,27-28H,25-26H2. The number of hydrogen-bond acceptors (Lipinski definition) is 8. The summed E-state index contributed by atoms with van der Waals surface area (Å²) in [5.41, 5.74) is 11.6. The molecule has 9 heteroatoms. The van der Waals surface area contributed by atoms with Gasteiger partial charge in [-0.25, -0.2) is 8.42 Å². The lowest BCUT2D eigenvalue weighted by atomic mass is 10.3. The third-order valence-electron chi connectivity index (χ3n) is 4.71. The molecule has 4 aromatic rings. The number of ether oxygens (including phenoxy) is 2. The first-order valence-electron chi connectivity index (χ1n) is 9.70. The SMILES string of the molecule is Nc1ccc(Oc2cccc(S(=O)(=O)c3cccc(Oc4ccc(N)c(O)c4)c3)c2)cc1O.